The quantitative estimate of drug-likeness (QED) is 0.768. The molecule has 1 saturated heterocycles. The molecule has 2 aromatic heterocycles. The average molecular weight is 361 g/mol. The number of nitrogens with zero attached hydrogens (tertiary/aromatic N) is 3. The number of piperidine rings is 1. The highest BCUT2D eigenvalue weighted by molar-refractivity contribution is 5.92. The van der Waals surface area contributed by atoms with E-state index in [1.165, 1.54) is 0 Å². The van der Waals surface area contributed by atoms with Crippen LogP contribution in [0.15, 0.2) is 12.3 Å². The van der Waals surface area contributed by atoms with E-state index in [4.69, 9.17) is 4.74 Å². The minimum Gasteiger partial charge on any atom is -0.475 e. The fourth-order valence-corrected chi connectivity index (χ4v) is 2.93. The Morgan fingerprint density at radius 1 is 1.38 bits per heavy atom. The summed E-state index contributed by atoms with van der Waals surface area (Å²) >= 11 is 0. The Morgan fingerprint density at radius 3 is 2.85 bits per heavy atom. The summed E-state index contributed by atoms with van der Waals surface area (Å²) in [5.41, 5.74) is -0.0858. The van der Waals surface area contributed by atoms with Crippen LogP contribution in [0.1, 0.15) is 44.2 Å². The number of fused-ring (bicyclic) bond motifs is 1. The molecule has 0 bridgehead atoms. The summed E-state index contributed by atoms with van der Waals surface area (Å²) in [6.07, 6.45) is 3.01. The summed E-state index contributed by atoms with van der Waals surface area (Å²) in [5, 5.41) is 13.2. The minimum atomic E-state index is -1.19. The number of carboxylic acids is 1. The first kappa shape index (κ1) is 18.0. The molecule has 9 heteroatoms. The number of amides is 1. The van der Waals surface area contributed by atoms with Crippen LogP contribution in [-0.4, -0.2) is 61.8 Å². The van der Waals surface area contributed by atoms with E-state index in [2.05, 4.69) is 20.3 Å². The van der Waals surface area contributed by atoms with Gasteiger partial charge in [-0.05, 0) is 39.7 Å². The van der Waals surface area contributed by atoms with Gasteiger partial charge in [-0.2, -0.15) is 0 Å². The summed E-state index contributed by atoms with van der Waals surface area (Å²) in [6, 6.07) is 1.74. The van der Waals surface area contributed by atoms with Crippen LogP contribution in [0.4, 0.5) is 10.6 Å². The molecule has 140 valence electrons. The summed E-state index contributed by atoms with van der Waals surface area (Å²) in [7, 11) is 0. The van der Waals surface area contributed by atoms with E-state index < -0.39 is 11.6 Å². The van der Waals surface area contributed by atoms with Crippen LogP contribution in [0.25, 0.3) is 11.0 Å². The van der Waals surface area contributed by atoms with Gasteiger partial charge in [0.15, 0.2) is 0 Å². The van der Waals surface area contributed by atoms with Gasteiger partial charge in [0.1, 0.15) is 17.1 Å². The molecule has 26 heavy (non-hydrogen) atoms. The summed E-state index contributed by atoms with van der Waals surface area (Å²) < 4.78 is 5.44. The van der Waals surface area contributed by atoms with Crippen molar-refractivity contribution in [1.29, 1.82) is 0 Å². The number of rotatable bonds is 3. The lowest BCUT2D eigenvalue weighted by molar-refractivity contribution is 0.0206. The molecule has 0 saturated carbocycles. The maximum absolute atomic E-state index is 12.3. The van der Waals surface area contributed by atoms with Crippen molar-refractivity contribution < 1.29 is 19.4 Å². The van der Waals surface area contributed by atoms with Crippen molar-refractivity contribution in [2.24, 2.45) is 0 Å². The highest BCUT2D eigenvalue weighted by atomic mass is 16.6. The second kappa shape index (κ2) is 6.81. The zero-order valence-electron chi connectivity index (χ0n) is 15.1. The highest BCUT2D eigenvalue weighted by Crippen LogP contribution is 2.23. The van der Waals surface area contributed by atoms with Gasteiger partial charge in [-0.1, -0.05) is 0 Å². The number of carbonyl (C=O) groups excluding carboxylic acids is 1. The number of ether oxygens (including phenoxy) is 1. The lowest BCUT2D eigenvalue weighted by atomic mass is 10.1. The maximum Gasteiger partial charge on any atom is 0.410 e. The predicted octanol–water partition coefficient (Wildman–Crippen LogP) is 2.47. The van der Waals surface area contributed by atoms with E-state index in [0.29, 0.717) is 29.9 Å². The van der Waals surface area contributed by atoms with Gasteiger partial charge in [-0.25, -0.2) is 19.6 Å². The normalized spacial score (nSPS) is 18.0. The van der Waals surface area contributed by atoms with Crippen LogP contribution in [0.2, 0.25) is 0 Å². The van der Waals surface area contributed by atoms with Gasteiger partial charge in [0.05, 0.1) is 5.39 Å². The molecule has 1 aliphatic rings. The Labute approximate surface area is 150 Å². The molecule has 1 fully saturated rings. The zero-order chi connectivity index (χ0) is 18.9. The Kier molecular flexibility index (Phi) is 4.71. The van der Waals surface area contributed by atoms with E-state index >= 15 is 0 Å². The molecule has 0 aromatic carbocycles. The van der Waals surface area contributed by atoms with Crippen LogP contribution >= 0.6 is 0 Å². The van der Waals surface area contributed by atoms with Gasteiger partial charge in [0.2, 0.25) is 5.82 Å². The van der Waals surface area contributed by atoms with Crippen molar-refractivity contribution in [3.63, 3.8) is 0 Å². The van der Waals surface area contributed by atoms with Gasteiger partial charge in [0, 0.05) is 25.3 Å². The number of hydrogen-bond acceptors (Lipinski definition) is 6. The number of likely N-dealkylation sites (tertiary alicyclic amines) is 1. The Bertz CT molecular complexity index is 826. The second-order valence-corrected chi connectivity index (χ2v) is 7.35. The summed E-state index contributed by atoms with van der Waals surface area (Å²) in [5.74, 6) is -1.02. The molecule has 1 amide bonds. The minimum absolute atomic E-state index is 0.0501. The topological polar surface area (TPSA) is 120 Å². The molecular formula is C17H23N5O4. The molecule has 0 aliphatic carbocycles. The van der Waals surface area contributed by atoms with Gasteiger partial charge >= 0.3 is 12.1 Å². The van der Waals surface area contributed by atoms with E-state index in [0.717, 1.165) is 12.8 Å². The first-order chi connectivity index (χ1) is 12.2. The fourth-order valence-electron chi connectivity index (χ4n) is 2.93. The molecule has 9 nitrogen and oxygen atoms in total. The van der Waals surface area contributed by atoms with Crippen molar-refractivity contribution in [2.45, 2.75) is 45.3 Å². The zero-order valence-corrected chi connectivity index (χ0v) is 15.1. The van der Waals surface area contributed by atoms with Crippen molar-refractivity contribution >= 4 is 28.9 Å². The van der Waals surface area contributed by atoms with Crippen molar-refractivity contribution in [3.8, 4) is 0 Å². The van der Waals surface area contributed by atoms with Crippen molar-refractivity contribution in [2.75, 3.05) is 18.4 Å². The molecule has 0 spiro atoms. The number of anilines is 1. The summed E-state index contributed by atoms with van der Waals surface area (Å²) in [4.78, 5) is 36.2. The van der Waals surface area contributed by atoms with Gasteiger partial charge < -0.3 is 25.0 Å². The van der Waals surface area contributed by atoms with Gasteiger partial charge in [-0.15, -0.1) is 0 Å². The van der Waals surface area contributed by atoms with E-state index in [1.807, 2.05) is 20.8 Å². The predicted molar refractivity (Wildman–Crippen MR) is 95.3 cm³/mol. The largest absolute Gasteiger partial charge is 0.475 e. The molecule has 3 N–H and O–H groups in total. The van der Waals surface area contributed by atoms with Crippen LogP contribution in [0.3, 0.4) is 0 Å². The Morgan fingerprint density at radius 2 is 2.15 bits per heavy atom. The Balaban J connectivity index is 1.76. The molecule has 1 aliphatic heterocycles. The van der Waals surface area contributed by atoms with E-state index in [9.17, 15) is 14.7 Å². The van der Waals surface area contributed by atoms with E-state index in [1.54, 1.807) is 17.2 Å². The Hall–Kier alpha value is -2.84. The number of aromatic nitrogens is 3. The number of carboxylic acid groups (broad SMARTS) is 1. The monoisotopic (exact) mass is 361 g/mol. The van der Waals surface area contributed by atoms with E-state index in [-0.39, 0.29) is 18.0 Å². The van der Waals surface area contributed by atoms with Crippen LogP contribution in [-0.2, 0) is 4.74 Å². The SMILES string of the molecule is CC(C)(C)OC(=O)N1CCC[C@@H](Nc2nc(C(=O)O)nc3[nH]ccc23)C1. The first-order valence-corrected chi connectivity index (χ1v) is 8.56. The number of nitrogens with one attached hydrogen (secondary N) is 2. The number of hydrogen-bond donors (Lipinski definition) is 3. The third kappa shape index (κ3) is 4.04. The van der Waals surface area contributed by atoms with Crippen LogP contribution < -0.4 is 5.32 Å². The van der Waals surface area contributed by atoms with Gasteiger partial charge in [0.25, 0.3) is 0 Å². The molecule has 3 rings (SSSR count). The molecular weight excluding hydrogens is 338 g/mol. The number of aromatic amines is 1. The highest BCUT2D eigenvalue weighted by Gasteiger charge is 2.28. The standard InChI is InChI=1S/C17H23N5O4/c1-17(2,3)26-16(25)22-8-4-5-10(9-22)19-13-11-6-7-18-12(11)20-14(21-13)15(23)24/h6-7,10H,4-5,8-9H2,1-3H3,(H,23,24)(H2,18,19,20,21)/t10-/m1/s1. The maximum atomic E-state index is 12.3. The summed E-state index contributed by atoms with van der Waals surface area (Å²) in [6.45, 7) is 6.61. The molecule has 2 aromatic rings. The third-order valence-electron chi connectivity index (χ3n) is 4.02. The average Bonchev–Trinajstić information content (AvgIpc) is 3.02. The third-order valence-corrected chi connectivity index (χ3v) is 4.02. The fraction of sp³-hybridized carbons (Fsp3) is 0.529. The van der Waals surface area contributed by atoms with Crippen molar-refractivity contribution in [1.82, 2.24) is 19.9 Å². The smallest absolute Gasteiger partial charge is 0.410 e. The molecule has 0 unspecified atom stereocenters. The van der Waals surface area contributed by atoms with Gasteiger partial charge in [-0.3, -0.25) is 0 Å². The lowest BCUT2D eigenvalue weighted by Gasteiger charge is -2.34. The molecule has 0 radical (unpaired) electrons. The molecule has 3 heterocycles. The lowest BCUT2D eigenvalue weighted by Crippen LogP contribution is -2.47. The van der Waals surface area contributed by atoms with Crippen molar-refractivity contribution in [3.05, 3.63) is 18.1 Å². The number of H-pyrrole nitrogens is 1. The molecule has 1 atom stereocenters. The number of aromatic carboxylic acids is 1. The number of carbonyl (C=O) groups is 2. The second-order valence-electron chi connectivity index (χ2n) is 7.35. The van der Waals surface area contributed by atoms with Crippen LogP contribution in [0.5, 0.6) is 0 Å². The first-order valence-electron chi connectivity index (χ1n) is 8.56. The van der Waals surface area contributed by atoms with Crippen LogP contribution in [0, 0.1) is 0 Å².